The first-order valence-corrected chi connectivity index (χ1v) is 7.63. The number of rotatable bonds is 9. The van der Waals surface area contributed by atoms with Gasteiger partial charge in [0, 0.05) is 6.20 Å². The summed E-state index contributed by atoms with van der Waals surface area (Å²) in [4.78, 5) is 4.01. The first-order chi connectivity index (χ1) is 10.4. The van der Waals surface area contributed by atoms with Gasteiger partial charge in [-0.1, -0.05) is 19.1 Å². The molecule has 3 heteroatoms. The van der Waals surface area contributed by atoms with Crippen LogP contribution in [0.5, 0.6) is 11.5 Å². The highest BCUT2D eigenvalue weighted by Gasteiger charge is 1.96. The van der Waals surface area contributed by atoms with Crippen molar-refractivity contribution in [2.45, 2.75) is 32.6 Å². The number of ether oxygens (including phenoxy) is 2. The molecule has 0 saturated carbocycles. The van der Waals surface area contributed by atoms with Crippen LogP contribution in [0.1, 0.15) is 31.7 Å². The van der Waals surface area contributed by atoms with Crippen LogP contribution in [-0.2, 0) is 6.42 Å². The molecule has 21 heavy (non-hydrogen) atoms. The van der Waals surface area contributed by atoms with Gasteiger partial charge in [-0.2, -0.15) is 0 Å². The van der Waals surface area contributed by atoms with Crippen molar-refractivity contribution in [3.8, 4) is 11.5 Å². The van der Waals surface area contributed by atoms with Gasteiger partial charge in [0.25, 0.3) is 0 Å². The van der Waals surface area contributed by atoms with Crippen LogP contribution in [0.3, 0.4) is 0 Å². The zero-order valence-corrected chi connectivity index (χ0v) is 12.6. The summed E-state index contributed by atoms with van der Waals surface area (Å²) < 4.78 is 11.3. The molecule has 0 bridgehead atoms. The van der Waals surface area contributed by atoms with Gasteiger partial charge in [-0.15, -0.1) is 0 Å². The molecular weight excluding hydrogens is 262 g/mol. The van der Waals surface area contributed by atoms with Gasteiger partial charge >= 0.3 is 0 Å². The third-order valence-corrected chi connectivity index (χ3v) is 3.29. The highest BCUT2D eigenvalue weighted by molar-refractivity contribution is 5.27. The van der Waals surface area contributed by atoms with Gasteiger partial charge in [-0.25, -0.2) is 0 Å². The number of aromatic nitrogens is 1. The minimum atomic E-state index is 0.733. The van der Waals surface area contributed by atoms with E-state index < -0.39 is 0 Å². The van der Waals surface area contributed by atoms with Crippen molar-refractivity contribution in [1.82, 2.24) is 4.98 Å². The van der Waals surface area contributed by atoms with Crippen molar-refractivity contribution in [1.29, 1.82) is 0 Å². The fraction of sp³-hybridized carbons (Fsp3) is 0.389. The molecule has 1 heterocycles. The predicted molar refractivity (Wildman–Crippen MR) is 84.9 cm³/mol. The summed E-state index contributed by atoms with van der Waals surface area (Å²) in [5, 5.41) is 0. The SMILES string of the molecule is CCc1ccc(OCCCCCOc2cccnc2)cc1. The third kappa shape index (κ3) is 5.86. The lowest BCUT2D eigenvalue weighted by Crippen LogP contribution is -2.01. The van der Waals surface area contributed by atoms with Crippen molar-refractivity contribution in [3.05, 3.63) is 54.4 Å². The van der Waals surface area contributed by atoms with Crippen molar-refractivity contribution in [2.75, 3.05) is 13.2 Å². The fourth-order valence-corrected chi connectivity index (χ4v) is 2.01. The van der Waals surface area contributed by atoms with Crippen molar-refractivity contribution >= 4 is 0 Å². The highest BCUT2D eigenvalue weighted by atomic mass is 16.5. The highest BCUT2D eigenvalue weighted by Crippen LogP contribution is 2.13. The predicted octanol–water partition coefficient (Wildman–Crippen LogP) is 4.27. The second-order valence-electron chi connectivity index (χ2n) is 4.94. The van der Waals surface area contributed by atoms with E-state index in [1.807, 2.05) is 24.3 Å². The molecule has 2 rings (SSSR count). The monoisotopic (exact) mass is 285 g/mol. The Morgan fingerprint density at radius 3 is 2.19 bits per heavy atom. The molecule has 0 fully saturated rings. The Morgan fingerprint density at radius 1 is 0.857 bits per heavy atom. The average Bonchev–Trinajstić information content (AvgIpc) is 2.55. The molecule has 1 aromatic carbocycles. The topological polar surface area (TPSA) is 31.4 Å². The Hall–Kier alpha value is -2.03. The normalized spacial score (nSPS) is 10.3. The molecule has 0 N–H and O–H groups in total. The molecule has 0 saturated heterocycles. The minimum Gasteiger partial charge on any atom is -0.494 e. The van der Waals surface area contributed by atoms with Crippen LogP contribution in [-0.4, -0.2) is 18.2 Å². The first-order valence-electron chi connectivity index (χ1n) is 7.63. The number of nitrogens with zero attached hydrogens (tertiary/aromatic N) is 1. The standard InChI is InChI=1S/C18H23NO2/c1-2-16-8-10-17(11-9-16)20-13-4-3-5-14-21-18-7-6-12-19-15-18/h6-12,15H,2-5,13-14H2,1H3. The van der Waals surface area contributed by atoms with Gasteiger partial charge in [0.1, 0.15) is 11.5 Å². The average molecular weight is 285 g/mol. The molecule has 0 aliphatic rings. The van der Waals surface area contributed by atoms with Crippen LogP contribution in [0.15, 0.2) is 48.8 Å². The quantitative estimate of drug-likeness (QED) is 0.645. The molecule has 0 amide bonds. The number of aryl methyl sites for hydroxylation is 1. The smallest absolute Gasteiger partial charge is 0.137 e. The summed E-state index contributed by atoms with van der Waals surface area (Å²) in [6.07, 6.45) is 7.74. The largest absolute Gasteiger partial charge is 0.494 e. The summed E-state index contributed by atoms with van der Waals surface area (Å²) in [6.45, 7) is 3.65. The van der Waals surface area contributed by atoms with Crippen LogP contribution in [0, 0.1) is 0 Å². The second kappa shape index (κ2) is 9.01. The summed E-state index contributed by atoms with van der Waals surface area (Å²) >= 11 is 0. The van der Waals surface area contributed by atoms with Gasteiger partial charge in [-0.3, -0.25) is 4.98 Å². The lowest BCUT2D eigenvalue weighted by molar-refractivity contribution is 0.279. The van der Waals surface area contributed by atoms with E-state index in [1.165, 1.54) is 5.56 Å². The maximum absolute atomic E-state index is 5.72. The number of hydrogen-bond donors (Lipinski definition) is 0. The first kappa shape index (κ1) is 15.4. The Morgan fingerprint density at radius 2 is 1.57 bits per heavy atom. The zero-order valence-electron chi connectivity index (χ0n) is 12.6. The van der Waals surface area contributed by atoms with Crippen LogP contribution < -0.4 is 9.47 Å². The van der Waals surface area contributed by atoms with Gasteiger partial charge < -0.3 is 9.47 Å². The van der Waals surface area contributed by atoms with Crippen LogP contribution in [0.4, 0.5) is 0 Å². The number of hydrogen-bond acceptors (Lipinski definition) is 3. The molecule has 0 aliphatic heterocycles. The van der Waals surface area contributed by atoms with Gasteiger partial charge in [0.05, 0.1) is 19.4 Å². The zero-order chi connectivity index (χ0) is 14.8. The summed E-state index contributed by atoms with van der Waals surface area (Å²) in [6, 6.07) is 12.1. The molecule has 2 aromatic rings. The summed E-state index contributed by atoms with van der Waals surface area (Å²) in [5.41, 5.74) is 1.34. The molecular formula is C18H23NO2. The van der Waals surface area contributed by atoms with E-state index in [-0.39, 0.29) is 0 Å². The Labute approximate surface area is 126 Å². The Kier molecular flexibility index (Phi) is 6.59. The number of benzene rings is 1. The van der Waals surface area contributed by atoms with E-state index in [9.17, 15) is 0 Å². The molecule has 112 valence electrons. The van der Waals surface area contributed by atoms with Crippen molar-refractivity contribution in [2.24, 2.45) is 0 Å². The summed E-state index contributed by atoms with van der Waals surface area (Å²) in [7, 11) is 0. The van der Waals surface area contributed by atoms with Crippen molar-refractivity contribution < 1.29 is 9.47 Å². The molecule has 0 atom stereocenters. The number of unbranched alkanes of at least 4 members (excludes halogenated alkanes) is 2. The van der Waals surface area contributed by atoms with Crippen LogP contribution in [0.25, 0.3) is 0 Å². The maximum Gasteiger partial charge on any atom is 0.137 e. The lowest BCUT2D eigenvalue weighted by atomic mass is 10.2. The van der Waals surface area contributed by atoms with E-state index in [4.69, 9.17) is 9.47 Å². The molecule has 0 spiro atoms. The fourth-order valence-electron chi connectivity index (χ4n) is 2.01. The van der Waals surface area contributed by atoms with E-state index in [0.29, 0.717) is 0 Å². The molecule has 0 radical (unpaired) electrons. The third-order valence-electron chi connectivity index (χ3n) is 3.29. The van der Waals surface area contributed by atoms with Crippen molar-refractivity contribution in [3.63, 3.8) is 0 Å². The van der Waals surface area contributed by atoms with Gasteiger partial charge in [-0.05, 0) is 55.5 Å². The summed E-state index contributed by atoms with van der Waals surface area (Å²) in [5.74, 6) is 1.79. The van der Waals surface area contributed by atoms with E-state index in [2.05, 4.69) is 24.0 Å². The second-order valence-corrected chi connectivity index (χ2v) is 4.94. The number of pyridine rings is 1. The van der Waals surface area contributed by atoms with E-state index >= 15 is 0 Å². The molecule has 0 unspecified atom stereocenters. The van der Waals surface area contributed by atoms with Crippen LogP contribution in [0.2, 0.25) is 0 Å². The van der Waals surface area contributed by atoms with E-state index in [1.54, 1.807) is 12.4 Å². The Bertz CT molecular complexity index is 496. The minimum absolute atomic E-state index is 0.733. The van der Waals surface area contributed by atoms with Gasteiger partial charge in [0.2, 0.25) is 0 Å². The lowest BCUT2D eigenvalue weighted by Gasteiger charge is -2.07. The molecule has 1 aromatic heterocycles. The van der Waals surface area contributed by atoms with Crippen LogP contribution >= 0.6 is 0 Å². The van der Waals surface area contributed by atoms with E-state index in [0.717, 1.165) is 50.4 Å². The molecule has 3 nitrogen and oxygen atoms in total. The maximum atomic E-state index is 5.72. The van der Waals surface area contributed by atoms with Gasteiger partial charge in [0.15, 0.2) is 0 Å². The molecule has 0 aliphatic carbocycles. The Balaban J connectivity index is 1.51.